The molecule has 3 heterocycles. The second-order valence-corrected chi connectivity index (χ2v) is 12.9. The number of anilines is 1. The molecule has 7 atom stereocenters. The number of ether oxygens (including phenoxy) is 1. The number of carbonyl (C=O) groups excluding carboxylic acids is 3. The van der Waals surface area contributed by atoms with Crippen molar-refractivity contribution in [1.82, 2.24) is 4.90 Å². The minimum Gasteiger partial charge on any atom is -0.465 e. The van der Waals surface area contributed by atoms with Gasteiger partial charge in [-0.3, -0.25) is 14.4 Å². The number of alkyl halides is 1. The summed E-state index contributed by atoms with van der Waals surface area (Å²) >= 11 is 5.32. The molecule has 0 aromatic heterocycles. The van der Waals surface area contributed by atoms with Crippen molar-refractivity contribution in [3.8, 4) is 0 Å². The number of benzene rings is 1. The molecular formula is C28H35BrN2O5S. The van der Waals surface area contributed by atoms with Crippen molar-refractivity contribution in [3.05, 3.63) is 54.6 Å². The number of rotatable bonds is 10. The number of fused-ring (bicyclic) bond motifs is 1. The molecule has 2 amide bonds. The highest BCUT2D eigenvalue weighted by atomic mass is 79.9. The Morgan fingerprint density at radius 1 is 1.32 bits per heavy atom. The Balaban J connectivity index is 1.81. The van der Waals surface area contributed by atoms with Crippen molar-refractivity contribution in [1.29, 1.82) is 0 Å². The lowest BCUT2D eigenvalue weighted by atomic mass is 9.71. The van der Waals surface area contributed by atoms with Crippen molar-refractivity contribution in [2.24, 2.45) is 11.8 Å². The van der Waals surface area contributed by atoms with Gasteiger partial charge in [0.25, 0.3) is 5.91 Å². The molecule has 3 aliphatic rings. The third-order valence-corrected chi connectivity index (χ3v) is 11.0. The van der Waals surface area contributed by atoms with E-state index in [9.17, 15) is 19.5 Å². The van der Waals surface area contributed by atoms with E-state index in [0.717, 1.165) is 16.8 Å². The van der Waals surface area contributed by atoms with E-state index < -0.39 is 34.6 Å². The summed E-state index contributed by atoms with van der Waals surface area (Å²) in [6, 6.07) is 4.44. The number of aliphatic hydroxyl groups is 1. The van der Waals surface area contributed by atoms with E-state index >= 15 is 0 Å². The van der Waals surface area contributed by atoms with E-state index in [2.05, 4.69) is 29.1 Å². The molecule has 1 N–H and O–H groups in total. The SMILES string of the molecule is C=CCCOC(=O)[C@H]1[C@H]2C(=O)N([C@H](C)CO)C(C(=O)N(CC=C)c3c(C)cccc3C)C23CC(Br)[C@@H]1S3. The number of carbonyl (C=O) groups is 3. The summed E-state index contributed by atoms with van der Waals surface area (Å²) in [5, 5.41) is 9.93. The summed E-state index contributed by atoms with van der Waals surface area (Å²) in [5.41, 5.74) is 2.69. The first-order chi connectivity index (χ1) is 17.6. The minimum atomic E-state index is -0.841. The summed E-state index contributed by atoms with van der Waals surface area (Å²) in [7, 11) is 0. The highest BCUT2D eigenvalue weighted by Gasteiger charge is 2.76. The van der Waals surface area contributed by atoms with Gasteiger partial charge in [0.15, 0.2) is 0 Å². The minimum absolute atomic E-state index is 0.0498. The lowest BCUT2D eigenvalue weighted by Crippen LogP contribution is -2.57. The van der Waals surface area contributed by atoms with Gasteiger partial charge < -0.3 is 19.6 Å². The average Bonchev–Trinajstić information content (AvgIpc) is 3.46. The summed E-state index contributed by atoms with van der Waals surface area (Å²) in [6.45, 7) is 13.4. The van der Waals surface area contributed by atoms with Crippen LogP contribution in [0, 0.1) is 25.7 Å². The highest BCUT2D eigenvalue weighted by Crippen LogP contribution is 2.68. The molecule has 1 aromatic carbocycles. The van der Waals surface area contributed by atoms with Crippen molar-refractivity contribution in [3.63, 3.8) is 0 Å². The summed E-state index contributed by atoms with van der Waals surface area (Å²) < 4.78 is 4.74. The molecule has 200 valence electrons. The first-order valence-electron chi connectivity index (χ1n) is 12.7. The van der Waals surface area contributed by atoms with Crippen LogP contribution in [-0.4, -0.2) is 74.5 Å². The van der Waals surface area contributed by atoms with Crippen LogP contribution in [0.5, 0.6) is 0 Å². The molecule has 0 aliphatic carbocycles. The number of aliphatic hydroxyl groups excluding tert-OH is 1. The number of esters is 1. The van der Waals surface area contributed by atoms with Gasteiger partial charge in [-0.25, -0.2) is 0 Å². The number of aryl methyl sites for hydroxylation is 2. The fourth-order valence-corrected chi connectivity index (χ4v) is 9.90. The number of likely N-dealkylation sites (tertiary alicyclic amines) is 1. The standard InChI is InChI=1S/C28H35BrN2O5S/c1-6-8-13-36-27(35)20-21-25(33)31(18(5)15-32)24(28(21)14-19(29)23(20)37-28)26(34)30(12-7-2)22-16(3)10-9-11-17(22)4/h6-7,9-11,18-21,23-24,32H,1-2,8,12-15H2,3-5H3/t18-,19?,20+,21+,23+,24?,28?/m1/s1. The molecule has 3 aliphatic heterocycles. The Hall–Kier alpha value is -2.10. The van der Waals surface area contributed by atoms with Crippen LogP contribution in [0.25, 0.3) is 0 Å². The molecular weight excluding hydrogens is 556 g/mol. The van der Waals surface area contributed by atoms with E-state index in [1.165, 1.54) is 4.90 Å². The van der Waals surface area contributed by atoms with Crippen LogP contribution in [0.1, 0.15) is 30.9 Å². The number of thioether (sulfide) groups is 1. The Bertz CT molecular complexity index is 1090. The average molecular weight is 592 g/mol. The fraction of sp³-hybridized carbons (Fsp3) is 0.536. The number of hydrogen-bond donors (Lipinski definition) is 1. The quantitative estimate of drug-likeness (QED) is 0.193. The summed E-state index contributed by atoms with van der Waals surface area (Å²) in [6.07, 6.45) is 4.45. The second-order valence-electron chi connectivity index (χ2n) is 10.2. The lowest BCUT2D eigenvalue weighted by Gasteiger charge is -2.39. The molecule has 1 spiro atoms. The normalized spacial score (nSPS) is 30.7. The maximum Gasteiger partial charge on any atom is 0.310 e. The summed E-state index contributed by atoms with van der Waals surface area (Å²) in [4.78, 5) is 45.1. The van der Waals surface area contributed by atoms with Crippen molar-refractivity contribution in [2.75, 3.05) is 24.7 Å². The van der Waals surface area contributed by atoms with Gasteiger partial charge in [0.2, 0.25) is 5.91 Å². The highest BCUT2D eigenvalue weighted by molar-refractivity contribution is 9.09. The zero-order valence-corrected chi connectivity index (χ0v) is 24.0. The molecule has 7 nitrogen and oxygen atoms in total. The topological polar surface area (TPSA) is 87.1 Å². The largest absolute Gasteiger partial charge is 0.465 e. The molecule has 1 aromatic rings. The second kappa shape index (κ2) is 10.9. The van der Waals surface area contributed by atoms with Crippen LogP contribution in [0.2, 0.25) is 0 Å². The third-order valence-electron chi connectivity index (χ3n) is 7.83. The zero-order chi connectivity index (χ0) is 27.1. The number of nitrogens with zero attached hydrogens (tertiary/aromatic N) is 2. The predicted molar refractivity (Wildman–Crippen MR) is 150 cm³/mol. The van der Waals surface area contributed by atoms with Gasteiger partial charge in [0, 0.05) is 22.3 Å². The molecule has 3 fully saturated rings. The van der Waals surface area contributed by atoms with Crippen molar-refractivity contribution >= 4 is 51.2 Å². The van der Waals surface area contributed by atoms with Crippen LogP contribution in [-0.2, 0) is 19.1 Å². The Kier molecular flexibility index (Phi) is 8.26. The van der Waals surface area contributed by atoms with Crippen LogP contribution in [0.4, 0.5) is 5.69 Å². The Labute approximate surface area is 231 Å². The molecule has 2 bridgehead atoms. The molecule has 0 radical (unpaired) electrons. The number of amides is 2. The molecule has 4 rings (SSSR count). The first-order valence-corrected chi connectivity index (χ1v) is 14.4. The van der Waals surface area contributed by atoms with Crippen molar-refractivity contribution < 1.29 is 24.2 Å². The predicted octanol–water partition coefficient (Wildman–Crippen LogP) is 3.79. The molecule has 37 heavy (non-hydrogen) atoms. The van der Waals surface area contributed by atoms with Crippen molar-refractivity contribution in [2.45, 2.75) is 60.5 Å². The molecule has 0 saturated carbocycles. The summed E-state index contributed by atoms with van der Waals surface area (Å²) in [5.74, 6) is -2.26. The molecule has 3 unspecified atom stereocenters. The number of halogens is 1. The van der Waals surface area contributed by atoms with E-state index in [0.29, 0.717) is 12.8 Å². The smallest absolute Gasteiger partial charge is 0.310 e. The van der Waals surface area contributed by atoms with Gasteiger partial charge in [-0.2, -0.15) is 0 Å². The monoisotopic (exact) mass is 590 g/mol. The van der Waals surface area contributed by atoms with Crippen LogP contribution in [0.3, 0.4) is 0 Å². The van der Waals surface area contributed by atoms with Gasteiger partial charge in [-0.15, -0.1) is 24.9 Å². The molecule has 3 saturated heterocycles. The van der Waals surface area contributed by atoms with Crippen LogP contribution < -0.4 is 4.90 Å². The van der Waals surface area contributed by atoms with Gasteiger partial charge in [0.1, 0.15) is 6.04 Å². The van der Waals surface area contributed by atoms with E-state index in [1.807, 2.05) is 32.0 Å². The van der Waals surface area contributed by atoms with Gasteiger partial charge in [-0.1, -0.05) is 46.3 Å². The van der Waals surface area contributed by atoms with Crippen LogP contribution in [0.15, 0.2) is 43.5 Å². The Morgan fingerprint density at radius 2 is 2.00 bits per heavy atom. The number of para-hydroxylation sites is 1. The van der Waals surface area contributed by atoms with Crippen LogP contribution >= 0.6 is 27.7 Å². The fourth-order valence-electron chi connectivity index (χ4n) is 6.32. The van der Waals surface area contributed by atoms with Gasteiger partial charge in [0.05, 0.1) is 35.8 Å². The number of hydrogen-bond acceptors (Lipinski definition) is 6. The maximum absolute atomic E-state index is 14.6. The van der Waals surface area contributed by atoms with E-state index in [-0.39, 0.29) is 41.6 Å². The van der Waals surface area contributed by atoms with Gasteiger partial charge in [-0.05, 0) is 44.7 Å². The maximum atomic E-state index is 14.6. The zero-order valence-electron chi connectivity index (χ0n) is 21.6. The molecule has 9 heteroatoms. The Morgan fingerprint density at radius 3 is 2.59 bits per heavy atom. The first kappa shape index (κ1) is 27.9. The van der Waals surface area contributed by atoms with E-state index in [4.69, 9.17) is 4.74 Å². The third kappa shape index (κ3) is 4.46. The van der Waals surface area contributed by atoms with Gasteiger partial charge >= 0.3 is 5.97 Å². The van der Waals surface area contributed by atoms with E-state index in [1.54, 1.807) is 35.7 Å². The lowest BCUT2D eigenvalue weighted by molar-refractivity contribution is -0.154.